The summed E-state index contributed by atoms with van der Waals surface area (Å²) in [6, 6.07) is 4.26. The Morgan fingerprint density at radius 3 is 2.83 bits per heavy atom. The maximum absolute atomic E-state index is 11.7. The van der Waals surface area contributed by atoms with E-state index in [1.54, 1.807) is 19.1 Å². The molecule has 0 radical (unpaired) electrons. The van der Waals surface area contributed by atoms with Crippen LogP contribution >= 0.6 is 11.6 Å². The molecule has 0 bridgehead atoms. The molecule has 0 saturated carbocycles. The molecule has 0 aliphatic carbocycles. The van der Waals surface area contributed by atoms with Crippen molar-refractivity contribution < 1.29 is 9.90 Å². The molecule has 0 atom stereocenters. The van der Waals surface area contributed by atoms with E-state index in [4.69, 9.17) is 16.7 Å². The van der Waals surface area contributed by atoms with Crippen LogP contribution in [0, 0.1) is 0 Å². The molecule has 2 rings (SSSR count). The van der Waals surface area contributed by atoms with Gasteiger partial charge in [-0.25, -0.2) is 19.1 Å². The number of aromatic nitrogens is 3. The molecular formula is C11H10ClN3O3. The number of carboxylic acid groups (broad SMARTS) is 1. The molecule has 0 fully saturated rings. The van der Waals surface area contributed by atoms with Crippen LogP contribution in [0.25, 0.3) is 5.82 Å². The molecule has 1 N–H and O–H groups in total. The number of nitrogens with zero attached hydrogens (tertiary/aromatic N) is 3. The van der Waals surface area contributed by atoms with Crippen LogP contribution in [0.1, 0.15) is 17.4 Å². The number of aromatic carboxylic acids is 1. The molecule has 6 nitrogen and oxygen atoms in total. The average Bonchev–Trinajstić information content (AvgIpc) is 2.67. The van der Waals surface area contributed by atoms with Gasteiger partial charge in [0.05, 0.1) is 5.02 Å². The van der Waals surface area contributed by atoms with Gasteiger partial charge in [-0.2, -0.15) is 0 Å². The molecule has 0 amide bonds. The van der Waals surface area contributed by atoms with Crippen molar-refractivity contribution in [1.82, 2.24) is 14.3 Å². The van der Waals surface area contributed by atoms with Gasteiger partial charge in [-0.1, -0.05) is 11.6 Å². The highest BCUT2D eigenvalue weighted by Gasteiger charge is 2.19. The zero-order valence-electron chi connectivity index (χ0n) is 9.50. The summed E-state index contributed by atoms with van der Waals surface area (Å²) in [6.07, 6.45) is 1.48. The number of pyridine rings is 1. The van der Waals surface area contributed by atoms with Crippen molar-refractivity contribution in [3.8, 4) is 5.82 Å². The second-order valence-corrected chi connectivity index (χ2v) is 3.92. The largest absolute Gasteiger partial charge is 0.477 e. The number of carbonyl (C=O) groups is 1. The van der Waals surface area contributed by atoms with Crippen molar-refractivity contribution in [2.75, 3.05) is 0 Å². The maximum Gasteiger partial charge on any atom is 0.354 e. The minimum absolute atomic E-state index is 0.164. The Labute approximate surface area is 107 Å². The lowest BCUT2D eigenvalue weighted by Gasteiger charge is -2.11. The molecule has 0 aromatic carbocycles. The molecule has 0 aliphatic rings. The quantitative estimate of drug-likeness (QED) is 0.912. The fourth-order valence-corrected chi connectivity index (χ4v) is 1.89. The molecule has 18 heavy (non-hydrogen) atoms. The first-order valence-corrected chi connectivity index (χ1v) is 5.61. The normalized spacial score (nSPS) is 10.6. The van der Waals surface area contributed by atoms with Crippen LogP contribution in [-0.4, -0.2) is 25.4 Å². The van der Waals surface area contributed by atoms with E-state index in [0.717, 1.165) is 6.07 Å². The topological polar surface area (TPSA) is 77.1 Å². The van der Waals surface area contributed by atoms with Gasteiger partial charge in [0, 0.05) is 18.8 Å². The van der Waals surface area contributed by atoms with Crippen LogP contribution in [0.15, 0.2) is 29.2 Å². The van der Waals surface area contributed by atoms with E-state index in [1.165, 1.54) is 15.6 Å². The molecule has 7 heteroatoms. The Bertz CT molecular complexity index is 660. The highest BCUT2D eigenvalue weighted by Crippen LogP contribution is 2.18. The van der Waals surface area contributed by atoms with Crippen molar-refractivity contribution in [3.63, 3.8) is 0 Å². The monoisotopic (exact) mass is 267 g/mol. The van der Waals surface area contributed by atoms with Crippen molar-refractivity contribution in [1.29, 1.82) is 0 Å². The SMILES string of the molecule is CCn1c(=O)cc(C(=O)O)n1-c1ncccc1Cl. The van der Waals surface area contributed by atoms with Crippen LogP contribution in [0.4, 0.5) is 0 Å². The third kappa shape index (κ3) is 1.91. The van der Waals surface area contributed by atoms with Crippen molar-refractivity contribution >= 4 is 17.6 Å². The first kappa shape index (κ1) is 12.4. The van der Waals surface area contributed by atoms with E-state index < -0.39 is 11.5 Å². The number of hydrogen-bond acceptors (Lipinski definition) is 3. The molecule has 2 aromatic rings. The summed E-state index contributed by atoms with van der Waals surface area (Å²) < 4.78 is 2.48. The molecule has 0 saturated heterocycles. The Balaban J connectivity index is 2.81. The van der Waals surface area contributed by atoms with Crippen LogP contribution in [0.2, 0.25) is 5.02 Å². The summed E-state index contributed by atoms with van der Waals surface area (Å²) in [5.41, 5.74) is -0.570. The van der Waals surface area contributed by atoms with Gasteiger partial charge in [-0.05, 0) is 19.1 Å². The number of carboxylic acids is 1. The lowest BCUT2D eigenvalue weighted by atomic mass is 10.4. The van der Waals surface area contributed by atoms with Gasteiger partial charge in [-0.15, -0.1) is 0 Å². The highest BCUT2D eigenvalue weighted by atomic mass is 35.5. The fourth-order valence-electron chi connectivity index (χ4n) is 1.69. The Morgan fingerprint density at radius 2 is 2.28 bits per heavy atom. The Hall–Kier alpha value is -2.08. The second-order valence-electron chi connectivity index (χ2n) is 3.51. The number of rotatable bonds is 3. The van der Waals surface area contributed by atoms with E-state index in [2.05, 4.69) is 4.98 Å². The summed E-state index contributed by atoms with van der Waals surface area (Å²) in [5.74, 6) is -0.985. The summed E-state index contributed by atoms with van der Waals surface area (Å²) in [4.78, 5) is 26.9. The molecule has 0 unspecified atom stereocenters. The molecule has 2 aromatic heterocycles. The van der Waals surface area contributed by atoms with E-state index in [1.807, 2.05) is 0 Å². The zero-order chi connectivity index (χ0) is 13.3. The van der Waals surface area contributed by atoms with Gasteiger partial charge in [0.25, 0.3) is 5.56 Å². The third-order valence-electron chi connectivity index (χ3n) is 2.44. The summed E-state index contributed by atoms with van der Waals surface area (Å²) >= 11 is 5.98. The first-order valence-electron chi connectivity index (χ1n) is 5.23. The van der Waals surface area contributed by atoms with Crippen molar-refractivity contribution in [2.24, 2.45) is 0 Å². The molecular weight excluding hydrogens is 258 g/mol. The number of halogens is 1. The van der Waals surface area contributed by atoms with Gasteiger partial charge >= 0.3 is 5.97 Å². The Kier molecular flexibility index (Phi) is 3.20. The predicted molar refractivity (Wildman–Crippen MR) is 65.5 cm³/mol. The van der Waals surface area contributed by atoms with Crippen LogP contribution in [0.5, 0.6) is 0 Å². The van der Waals surface area contributed by atoms with Crippen molar-refractivity contribution in [3.05, 3.63) is 45.5 Å². The highest BCUT2D eigenvalue weighted by molar-refractivity contribution is 6.32. The Morgan fingerprint density at radius 1 is 1.56 bits per heavy atom. The second kappa shape index (κ2) is 4.66. The fraction of sp³-hybridized carbons (Fsp3) is 0.182. The third-order valence-corrected chi connectivity index (χ3v) is 2.74. The molecule has 2 heterocycles. The molecule has 0 aliphatic heterocycles. The van der Waals surface area contributed by atoms with E-state index in [9.17, 15) is 9.59 Å². The standard InChI is InChI=1S/C11H10ClN3O3/c1-2-14-9(16)6-8(11(17)18)15(14)10-7(12)4-3-5-13-10/h3-6H,2H2,1H3,(H,17,18). The summed E-state index contributed by atoms with van der Waals surface area (Å²) in [5, 5.41) is 9.38. The van der Waals surface area contributed by atoms with E-state index in [0.29, 0.717) is 6.54 Å². The predicted octanol–water partition coefficient (Wildman–Crippen LogP) is 1.41. The van der Waals surface area contributed by atoms with Gasteiger partial charge in [0.2, 0.25) is 0 Å². The summed E-state index contributed by atoms with van der Waals surface area (Å²) in [7, 11) is 0. The summed E-state index contributed by atoms with van der Waals surface area (Å²) in [6.45, 7) is 2.05. The maximum atomic E-state index is 11.7. The van der Waals surface area contributed by atoms with Gasteiger partial charge < -0.3 is 5.11 Å². The van der Waals surface area contributed by atoms with Crippen molar-refractivity contribution in [2.45, 2.75) is 13.5 Å². The van der Waals surface area contributed by atoms with Gasteiger partial charge in [0.1, 0.15) is 0 Å². The van der Waals surface area contributed by atoms with E-state index >= 15 is 0 Å². The van der Waals surface area contributed by atoms with Crippen LogP contribution in [-0.2, 0) is 6.54 Å². The van der Waals surface area contributed by atoms with Crippen LogP contribution in [0.3, 0.4) is 0 Å². The number of hydrogen-bond donors (Lipinski definition) is 1. The molecule has 0 spiro atoms. The minimum atomic E-state index is -1.21. The minimum Gasteiger partial charge on any atom is -0.477 e. The molecule has 94 valence electrons. The first-order chi connectivity index (χ1) is 8.56. The zero-order valence-corrected chi connectivity index (χ0v) is 10.3. The van der Waals surface area contributed by atoms with Gasteiger partial charge in [0.15, 0.2) is 11.5 Å². The van der Waals surface area contributed by atoms with Crippen LogP contribution < -0.4 is 5.56 Å². The van der Waals surface area contributed by atoms with Gasteiger partial charge in [-0.3, -0.25) is 4.79 Å². The average molecular weight is 268 g/mol. The van der Waals surface area contributed by atoms with E-state index in [-0.39, 0.29) is 16.5 Å². The lowest BCUT2D eigenvalue weighted by molar-refractivity contribution is 0.0685. The smallest absolute Gasteiger partial charge is 0.354 e. The lowest BCUT2D eigenvalue weighted by Crippen LogP contribution is -2.23.